The van der Waals surface area contributed by atoms with Crippen LogP contribution < -0.4 is 16.0 Å². The van der Waals surface area contributed by atoms with Crippen LogP contribution >= 0.6 is 0 Å². The van der Waals surface area contributed by atoms with Gasteiger partial charge in [-0.05, 0) is 43.9 Å². The second kappa shape index (κ2) is 9.21. The van der Waals surface area contributed by atoms with Crippen molar-refractivity contribution in [3.8, 4) is 0 Å². The molecule has 1 aromatic rings. The summed E-state index contributed by atoms with van der Waals surface area (Å²) < 4.78 is 38.1. The summed E-state index contributed by atoms with van der Waals surface area (Å²) in [5, 5.41) is 8.72. The first-order valence-corrected chi connectivity index (χ1v) is 9.16. The van der Waals surface area contributed by atoms with Gasteiger partial charge < -0.3 is 16.0 Å². The number of carbonyl (C=O) groups is 2. The number of hydrogen-bond donors (Lipinski definition) is 3. The first-order valence-electron chi connectivity index (χ1n) is 9.16. The Bertz CT molecular complexity index is 654. The van der Waals surface area contributed by atoms with Gasteiger partial charge in [0.1, 0.15) is 0 Å². The van der Waals surface area contributed by atoms with Crippen LogP contribution in [0.2, 0.25) is 0 Å². The molecule has 2 rings (SSSR count). The molecule has 3 N–H and O–H groups in total. The van der Waals surface area contributed by atoms with Crippen LogP contribution in [0, 0.1) is 0 Å². The van der Waals surface area contributed by atoms with E-state index in [4.69, 9.17) is 0 Å². The highest BCUT2D eigenvalue weighted by molar-refractivity contribution is 5.96. The highest BCUT2D eigenvalue weighted by Gasteiger charge is 2.31. The Morgan fingerprint density at radius 1 is 1.11 bits per heavy atom. The minimum Gasteiger partial charge on any atom is -0.352 e. The van der Waals surface area contributed by atoms with Gasteiger partial charge in [-0.1, -0.05) is 19.9 Å². The molecule has 1 fully saturated rings. The van der Waals surface area contributed by atoms with Crippen LogP contribution in [0.25, 0.3) is 0 Å². The molecule has 0 atom stereocenters. The van der Waals surface area contributed by atoms with Gasteiger partial charge in [-0.2, -0.15) is 13.2 Å². The lowest BCUT2D eigenvalue weighted by Crippen LogP contribution is -2.46. The van der Waals surface area contributed by atoms with Gasteiger partial charge in [0.2, 0.25) is 5.91 Å². The zero-order valence-corrected chi connectivity index (χ0v) is 15.5. The average Bonchev–Trinajstić information content (AvgIpc) is 2.60. The lowest BCUT2D eigenvalue weighted by Gasteiger charge is -2.31. The molecule has 1 saturated carbocycles. The predicted molar refractivity (Wildman–Crippen MR) is 96.2 cm³/mol. The maximum Gasteiger partial charge on any atom is 0.416 e. The number of amides is 2. The summed E-state index contributed by atoms with van der Waals surface area (Å²) >= 11 is 0. The monoisotopic (exact) mass is 385 g/mol. The van der Waals surface area contributed by atoms with Crippen molar-refractivity contribution >= 4 is 11.8 Å². The first-order chi connectivity index (χ1) is 12.6. The molecular weight excluding hydrogens is 359 g/mol. The van der Waals surface area contributed by atoms with E-state index in [1.807, 2.05) is 0 Å². The van der Waals surface area contributed by atoms with Crippen molar-refractivity contribution in [2.24, 2.45) is 0 Å². The molecule has 0 saturated heterocycles. The molecule has 0 aromatic heterocycles. The average molecular weight is 385 g/mol. The Kier molecular flexibility index (Phi) is 7.24. The second-order valence-corrected chi connectivity index (χ2v) is 7.20. The van der Waals surface area contributed by atoms with Gasteiger partial charge in [0.05, 0.1) is 12.1 Å². The molecule has 8 heteroatoms. The fraction of sp³-hybridized carbons (Fsp3) is 0.579. The van der Waals surface area contributed by atoms with E-state index in [0.29, 0.717) is 12.1 Å². The Labute approximate surface area is 157 Å². The van der Waals surface area contributed by atoms with Crippen LogP contribution in [-0.2, 0) is 11.0 Å². The summed E-state index contributed by atoms with van der Waals surface area (Å²) in [6.45, 7) is 3.93. The standard InChI is InChI=1S/C19H26F3N3O2/c1-12(2)24-15-6-8-16(9-7-15)25-17(26)11-23-18(27)13-4-3-5-14(10-13)19(20,21)22/h3-5,10,12,15-16,24H,6-9,11H2,1-2H3,(H,23,27)(H,25,26)/t15-,16-. The van der Waals surface area contributed by atoms with Crippen molar-refractivity contribution < 1.29 is 22.8 Å². The topological polar surface area (TPSA) is 70.2 Å². The Hall–Kier alpha value is -2.09. The molecule has 0 radical (unpaired) electrons. The highest BCUT2D eigenvalue weighted by atomic mass is 19.4. The second-order valence-electron chi connectivity index (χ2n) is 7.20. The van der Waals surface area contributed by atoms with E-state index in [1.165, 1.54) is 12.1 Å². The number of nitrogens with one attached hydrogen (secondary N) is 3. The van der Waals surface area contributed by atoms with Gasteiger partial charge in [0.15, 0.2) is 0 Å². The summed E-state index contributed by atoms with van der Waals surface area (Å²) in [7, 11) is 0. The number of benzene rings is 1. The molecule has 27 heavy (non-hydrogen) atoms. The van der Waals surface area contributed by atoms with Gasteiger partial charge in [-0.3, -0.25) is 9.59 Å². The van der Waals surface area contributed by atoms with Crippen LogP contribution in [0.3, 0.4) is 0 Å². The molecule has 1 aliphatic carbocycles. The molecule has 0 bridgehead atoms. The third-order valence-corrected chi connectivity index (χ3v) is 4.52. The van der Waals surface area contributed by atoms with Crippen LogP contribution in [0.5, 0.6) is 0 Å². The lowest BCUT2D eigenvalue weighted by atomic mass is 9.91. The fourth-order valence-electron chi connectivity index (χ4n) is 3.25. The molecule has 0 heterocycles. The van der Waals surface area contributed by atoms with Crippen molar-refractivity contribution in [2.75, 3.05) is 6.54 Å². The molecule has 5 nitrogen and oxygen atoms in total. The van der Waals surface area contributed by atoms with E-state index in [0.717, 1.165) is 37.8 Å². The molecule has 2 amide bonds. The Morgan fingerprint density at radius 3 is 2.33 bits per heavy atom. The summed E-state index contributed by atoms with van der Waals surface area (Å²) in [5.41, 5.74) is -1.02. The van der Waals surface area contributed by atoms with Crippen molar-refractivity contribution in [1.82, 2.24) is 16.0 Å². The summed E-state index contributed by atoms with van der Waals surface area (Å²) in [6.07, 6.45) is -0.855. The van der Waals surface area contributed by atoms with E-state index in [9.17, 15) is 22.8 Å². The van der Waals surface area contributed by atoms with Gasteiger partial charge in [-0.15, -0.1) is 0 Å². The number of alkyl halides is 3. The largest absolute Gasteiger partial charge is 0.416 e. The van der Waals surface area contributed by atoms with Crippen LogP contribution in [-0.4, -0.2) is 36.5 Å². The van der Waals surface area contributed by atoms with Gasteiger partial charge >= 0.3 is 6.18 Å². The van der Waals surface area contributed by atoms with E-state index in [1.54, 1.807) is 0 Å². The Morgan fingerprint density at radius 2 is 1.74 bits per heavy atom. The van der Waals surface area contributed by atoms with Crippen LogP contribution in [0.1, 0.15) is 55.5 Å². The lowest BCUT2D eigenvalue weighted by molar-refractivity contribution is -0.137. The molecule has 0 unspecified atom stereocenters. The van der Waals surface area contributed by atoms with E-state index in [-0.39, 0.29) is 24.1 Å². The number of rotatable bonds is 6. The van der Waals surface area contributed by atoms with E-state index < -0.39 is 17.6 Å². The minimum absolute atomic E-state index is 0.0631. The normalized spacial score (nSPS) is 20.4. The Balaban J connectivity index is 1.77. The third-order valence-electron chi connectivity index (χ3n) is 4.52. The van der Waals surface area contributed by atoms with Crippen LogP contribution in [0.15, 0.2) is 24.3 Å². The van der Waals surface area contributed by atoms with E-state index >= 15 is 0 Å². The zero-order valence-electron chi connectivity index (χ0n) is 15.5. The summed E-state index contributed by atoms with van der Waals surface area (Å²) in [6, 6.07) is 5.07. The summed E-state index contributed by atoms with van der Waals surface area (Å²) in [4.78, 5) is 24.0. The van der Waals surface area contributed by atoms with E-state index in [2.05, 4.69) is 29.8 Å². The van der Waals surface area contributed by atoms with Crippen molar-refractivity contribution in [3.63, 3.8) is 0 Å². The quantitative estimate of drug-likeness (QED) is 0.705. The minimum atomic E-state index is -4.52. The van der Waals surface area contributed by atoms with Crippen molar-refractivity contribution in [1.29, 1.82) is 0 Å². The van der Waals surface area contributed by atoms with Crippen LogP contribution in [0.4, 0.5) is 13.2 Å². The fourth-order valence-corrected chi connectivity index (χ4v) is 3.25. The maximum absolute atomic E-state index is 12.7. The van der Waals surface area contributed by atoms with Crippen molar-refractivity contribution in [2.45, 2.75) is 63.8 Å². The van der Waals surface area contributed by atoms with Gasteiger partial charge in [0, 0.05) is 23.7 Å². The summed E-state index contributed by atoms with van der Waals surface area (Å²) in [5.74, 6) is -1.04. The number of hydrogen-bond acceptors (Lipinski definition) is 3. The number of halogens is 3. The zero-order chi connectivity index (χ0) is 20.0. The molecular formula is C19H26F3N3O2. The SMILES string of the molecule is CC(C)N[C@H]1CC[C@H](NC(=O)CNC(=O)c2cccc(C(F)(F)F)c2)CC1. The van der Waals surface area contributed by atoms with Crippen molar-refractivity contribution in [3.05, 3.63) is 35.4 Å². The van der Waals surface area contributed by atoms with Gasteiger partial charge in [-0.25, -0.2) is 0 Å². The molecule has 1 aromatic carbocycles. The predicted octanol–water partition coefficient (Wildman–Crippen LogP) is 2.86. The highest BCUT2D eigenvalue weighted by Crippen LogP contribution is 2.29. The van der Waals surface area contributed by atoms with Gasteiger partial charge in [0.25, 0.3) is 5.91 Å². The third kappa shape index (κ3) is 6.86. The molecule has 150 valence electrons. The number of carbonyl (C=O) groups excluding carboxylic acids is 2. The maximum atomic E-state index is 12.7. The smallest absolute Gasteiger partial charge is 0.352 e. The first kappa shape index (κ1) is 21.2. The molecule has 0 spiro atoms. The molecule has 1 aliphatic rings. The molecule has 0 aliphatic heterocycles.